The van der Waals surface area contributed by atoms with E-state index in [1.165, 1.54) is 33.3 Å². The number of nitrogens with zero attached hydrogens (tertiary/aromatic N) is 1. The summed E-state index contributed by atoms with van der Waals surface area (Å²) in [5, 5.41) is 16.9. The second-order valence-corrected chi connectivity index (χ2v) is 7.94. The van der Waals surface area contributed by atoms with Crippen LogP contribution in [0.2, 0.25) is 0 Å². The predicted octanol–water partition coefficient (Wildman–Crippen LogP) is -1.62. The molecule has 0 radical (unpaired) electrons. The number of carboxylic acid groups (broad SMARTS) is 1. The highest BCUT2D eigenvalue weighted by atomic mass is 16.4. The molecule has 1 rings (SSSR count). The number of unbranched alkanes of at least 4 members (excludes halogenated alkanes) is 1. The van der Waals surface area contributed by atoms with Crippen LogP contribution in [0.1, 0.15) is 45.7 Å². The van der Waals surface area contributed by atoms with Crippen LogP contribution in [-0.2, 0) is 25.6 Å². The average Bonchev–Trinajstić information content (AvgIpc) is 3.18. The summed E-state index contributed by atoms with van der Waals surface area (Å²) in [5.41, 5.74) is 10.5. The van der Waals surface area contributed by atoms with Crippen molar-refractivity contribution in [1.29, 1.82) is 0 Å². The number of aliphatic carboxylic acids is 1. The lowest BCUT2D eigenvalue weighted by Gasteiger charge is -2.24. The van der Waals surface area contributed by atoms with Gasteiger partial charge >= 0.3 is 5.97 Å². The zero-order chi connectivity index (χ0) is 23.6. The summed E-state index contributed by atoms with van der Waals surface area (Å²) in [6.45, 7) is 4.87. The van der Waals surface area contributed by atoms with E-state index < -0.39 is 47.4 Å². The summed E-state index contributed by atoms with van der Waals surface area (Å²) in [5.74, 6) is -2.99. The number of carboxylic acids is 1. The zero-order valence-corrected chi connectivity index (χ0v) is 18.1. The van der Waals surface area contributed by atoms with Gasteiger partial charge < -0.3 is 37.5 Å². The topological polar surface area (TPSA) is 205 Å². The summed E-state index contributed by atoms with van der Waals surface area (Å²) in [6.07, 6.45) is 4.33. The molecule has 0 fully saturated rings. The molecule has 0 bridgehead atoms. The third-order valence-corrected chi connectivity index (χ3v) is 4.50. The van der Waals surface area contributed by atoms with Gasteiger partial charge in [0.05, 0.1) is 11.9 Å². The maximum absolute atomic E-state index is 12.8. The minimum atomic E-state index is -1.18. The number of aromatic nitrogens is 2. The number of aromatic amines is 1. The van der Waals surface area contributed by atoms with E-state index in [1.807, 2.05) is 0 Å². The number of hydrogen-bond donors (Lipinski definition) is 7. The number of carbonyl (C=O) groups is 4. The quantitative estimate of drug-likeness (QED) is 0.177. The van der Waals surface area contributed by atoms with Crippen molar-refractivity contribution in [3.05, 3.63) is 18.2 Å². The van der Waals surface area contributed by atoms with Crippen LogP contribution in [0.25, 0.3) is 0 Å². The molecule has 0 saturated carbocycles. The number of H-pyrrole nitrogens is 1. The molecule has 3 amide bonds. The number of amides is 3. The number of nitrogens with two attached hydrogens (primary N) is 2. The summed E-state index contributed by atoms with van der Waals surface area (Å²) in [4.78, 5) is 55.6. The molecule has 174 valence electrons. The molecule has 0 aliphatic heterocycles. The van der Waals surface area contributed by atoms with Gasteiger partial charge in [-0.3, -0.25) is 14.4 Å². The van der Waals surface area contributed by atoms with E-state index in [9.17, 15) is 24.3 Å². The van der Waals surface area contributed by atoms with E-state index in [-0.39, 0.29) is 12.8 Å². The largest absolute Gasteiger partial charge is 0.480 e. The number of carbonyl (C=O) groups excluding carboxylic acids is 3. The highest BCUT2D eigenvalue weighted by molar-refractivity contribution is 5.94. The molecule has 12 heteroatoms. The van der Waals surface area contributed by atoms with Crippen LogP contribution in [0.5, 0.6) is 0 Å². The molecule has 3 atom stereocenters. The molecular weight excluding hydrogens is 406 g/mol. The van der Waals surface area contributed by atoms with Crippen LogP contribution in [0, 0.1) is 0 Å². The molecule has 0 aromatic carbocycles. The highest BCUT2D eigenvalue weighted by Crippen LogP contribution is 2.05. The summed E-state index contributed by atoms with van der Waals surface area (Å²) < 4.78 is 0. The monoisotopic (exact) mass is 439 g/mol. The molecule has 0 aliphatic rings. The first-order valence-corrected chi connectivity index (χ1v) is 10.1. The second kappa shape index (κ2) is 12.0. The first kappa shape index (κ1) is 26.0. The van der Waals surface area contributed by atoms with Crippen molar-refractivity contribution in [3.63, 3.8) is 0 Å². The molecule has 1 heterocycles. The molecule has 1 aromatic heterocycles. The SMILES string of the molecule is C[C@H](NC(=O)C(C)(C)N)C(=O)N[C@@H](Cc1cnc[nH]1)C(=O)N[C@@H](CCCCN)C(=O)O. The Balaban J connectivity index is 2.87. The highest BCUT2D eigenvalue weighted by Gasteiger charge is 2.30. The summed E-state index contributed by atoms with van der Waals surface area (Å²) in [6, 6.07) is -3.17. The standard InChI is InChI=1S/C19H33N7O5/c1-11(24-18(31)19(2,3)21)15(27)26-14(8-12-9-22-10-23-12)16(28)25-13(17(29)30)6-4-5-7-20/h9-11,13-14H,4-8,20-21H2,1-3H3,(H,22,23)(H,24,31)(H,25,28)(H,26,27)(H,29,30)/t11-,13-,14-/m0/s1. The fourth-order valence-electron chi connectivity index (χ4n) is 2.59. The van der Waals surface area contributed by atoms with Crippen molar-refractivity contribution in [2.45, 2.75) is 70.1 Å². The van der Waals surface area contributed by atoms with Crippen molar-refractivity contribution >= 4 is 23.7 Å². The molecule has 31 heavy (non-hydrogen) atoms. The Kier molecular flexibility index (Phi) is 10.1. The van der Waals surface area contributed by atoms with Gasteiger partial charge in [-0.15, -0.1) is 0 Å². The van der Waals surface area contributed by atoms with E-state index in [4.69, 9.17) is 11.5 Å². The molecule has 0 saturated heterocycles. The Morgan fingerprint density at radius 1 is 1.13 bits per heavy atom. The normalized spacial score (nSPS) is 14.2. The molecule has 9 N–H and O–H groups in total. The lowest BCUT2D eigenvalue weighted by atomic mass is 10.1. The van der Waals surface area contributed by atoms with Gasteiger partial charge in [0.1, 0.15) is 18.1 Å². The molecular formula is C19H33N7O5. The van der Waals surface area contributed by atoms with Crippen LogP contribution in [0.15, 0.2) is 12.5 Å². The van der Waals surface area contributed by atoms with Crippen LogP contribution < -0.4 is 27.4 Å². The maximum atomic E-state index is 12.8. The first-order valence-electron chi connectivity index (χ1n) is 10.1. The molecule has 12 nitrogen and oxygen atoms in total. The van der Waals surface area contributed by atoms with E-state index >= 15 is 0 Å². The Hall–Kier alpha value is -2.99. The van der Waals surface area contributed by atoms with Crippen molar-refractivity contribution in [3.8, 4) is 0 Å². The minimum absolute atomic E-state index is 0.0513. The van der Waals surface area contributed by atoms with E-state index in [0.29, 0.717) is 25.1 Å². The van der Waals surface area contributed by atoms with Gasteiger partial charge in [0.2, 0.25) is 17.7 Å². The van der Waals surface area contributed by atoms with Gasteiger partial charge in [0.15, 0.2) is 0 Å². The average molecular weight is 440 g/mol. The van der Waals surface area contributed by atoms with Crippen LogP contribution >= 0.6 is 0 Å². The van der Waals surface area contributed by atoms with Gasteiger partial charge in [-0.05, 0) is 46.6 Å². The Morgan fingerprint density at radius 2 is 1.77 bits per heavy atom. The number of nitrogens with one attached hydrogen (secondary N) is 4. The fourth-order valence-corrected chi connectivity index (χ4v) is 2.59. The second-order valence-electron chi connectivity index (χ2n) is 7.94. The number of hydrogen-bond acceptors (Lipinski definition) is 7. The van der Waals surface area contributed by atoms with Gasteiger partial charge in [0, 0.05) is 18.3 Å². The van der Waals surface area contributed by atoms with Crippen LogP contribution in [-0.4, -0.2) is 69.0 Å². The van der Waals surface area contributed by atoms with Crippen molar-refractivity contribution < 1.29 is 24.3 Å². The zero-order valence-electron chi connectivity index (χ0n) is 18.1. The van der Waals surface area contributed by atoms with Gasteiger partial charge in [0.25, 0.3) is 0 Å². The van der Waals surface area contributed by atoms with Crippen molar-refractivity contribution in [2.24, 2.45) is 11.5 Å². The Morgan fingerprint density at radius 3 is 2.29 bits per heavy atom. The van der Waals surface area contributed by atoms with E-state index in [0.717, 1.165) is 0 Å². The smallest absolute Gasteiger partial charge is 0.326 e. The fraction of sp³-hybridized carbons (Fsp3) is 0.632. The van der Waals surface area contributed by atoms with Gasteiger partial charge in [-0.1, -0.05) is 0 Å². The van der Waals surface area contributed by atoms with Crippen LogP contribution in [0.3, 0.4) is 0 Å². The Bertz CT molecular complexity index is 745. The van der Waals surface area contributed by atoms with Crippen molar-refractivity contribution in [2.75, 3.05) is 6.54 Å². The third-order valence-electron chi connectivity index (χ3n) is 4.50. The number of imidazole rings is 1. The molecule has 0 aliphatic carbocycles. The lowest BCUT2D eigenvalue weighted by Crippen LogP contribution is -2.58. The van der Waals surface area contributed by atoms with Gasteiger partial charge in [-0.25, -0.2) is 9.78 Å². The van der Waals surface area contributed by atoms with E-state index in [2.05, 4.69) is 25.9 Å². The summed E-state index contributed by atoms with van der Waals surface area (Å²) in [7, 11) is 0. The molecule has 0 spiro atoms. The Labute approximate surface area is 180 Å². The maximum Gasteiger partial charge on any atom is 0.326 e. The lowest BCUT2D eigenvalue weighted by molar-refractivity contribution is -0.142. The molecule has 1 aromatic rings. The van der Waals surface area contributed by atoms with Gasteiger partial charge in [-0.2, -0.15) is 0 Å². The first-order chi connectivity index (χ1) is 14.5. The predicted molar refractivity (Wildman–Crippen MR) is 113 cm³/mol. The van der Waals surface area contributed by atoms with Crippen molar-refractivity contribution in [1.82, 2.24) is 25.9 Å². The third kappa shape index (κ3) is 9.13. The van der Waals surface area contributed by atoms with E-state index in [1.54, 1.807) is 0 Å². The molecule has 0 unspecified atom stereocenters. The summed E-state index contributed by atoms with van der Waals surface area (Å²) >= 11 is 0. The number of rotatable bonds is 13. The van der Waals surface area contributed by atoms with Crippen LogP contribution in [0.4, 0.5) is 0 Å². The minimum Gasteiger partial charge on any atom is -0.480 e.